The molecule has 0 bridgehead atoms. The molecule has 25 heavy (non-hydrogen) atoms. The van der Waals surface area contributed by atoms with Crippen molar-refractivity contribution in [3.63, 3.8) is 0 Å². The summed E-state index contributed by atoms with van der Waals surface area (Å²) < 4.78 is 11.1. The summed E-state index contributed by atoms with van der Waals surface area (Å²) in [5, 5.41) is 6.17. The molecule has 2 amide bonds. The van der Waals surface area contributed by atoms with Crippen molar-refractivity contribution in [3.8, 4) is 11.5 Å². The zero-order valence-electron chi connectivity index (χ0n) is 14.6. The maximum absolute atomic E-state index is 12.2. The molecule has 1 aromatic carbocycles. The van der Waals surface area contributed by atoms with Gasteiger partial charge in [0.15, 0.2) is 11.5 Å². The van der Waals surface area contributed by atoms with Crippen molar-refractivity contribution >= 4 is 6.03 Å². The zero-order valence-corrected chi connectivity index (χ0v) is 14.6. The molecule has 6 nitrogen and oxygen atoms in total. The lowest BCUT2D eigenvalue weighted by atomic mass is 9.99. The third-order valence-corrected chi connectivity index (χ3v) is 5.48. The molecular formula is C19H27N3O3. The van der Waals surface area contributed by atoms with E-state index in [1.165, 1.54) is 25.8 Å². The molecule has 0 aliphatic carbocycles. The van der Waals surface area contributed by atoms with E-state index in [2.05, 4.69) is 15.5 Å². The molecule has 0 radical (unpaired) electrons. The van der Waals surface area contributed by atoms with Crippen molar-refractivity contribution in [1.82, 2.24) is 15.5 Å². The predicted octanol–water partition coefficient (Wildman–Crippen LogP) is 1.93. The molecule has 6 heteroatoms. The Morgan fingerprint density at radius 1 is 1.12 bits per heavy atom. The third-order valence-electron chi connectivity index (χ3n) is 5.48. The maximum Gasteiger partial charge on any atom is 0.315 e. The van der Waals surface area contributed by atoms with E-state index < -0.39 is 0 Å². The fourth-order valence-electron chi connectivity index (χ4n) is 4.20. The second kappa shape index (κ2) is 7.52. The van der Waals surface area contributed by atoms with Gasteiger partial charge in [0.05, 0.1) is 0 Å². The number of ether oxygens (including phenoxy) is 2. The fraction of sp³-hybridized carbons (Fsp3) is 0.632. The first-order chi connectivity index (χ1) is 12.3. The molecule has 136 valence electrons. The van der Waals surface area contributed by atoms with Crippen LogP contribution >= 0.6 is 0 Å². The quantitative estimate of drug-likeness (QED) is 0.875. The molecule has 4 rings (SSSR count). The highest BCUT2D eigenvalue weighted by atomic mass is 16.6. The predicted molar refractivity (Wildman–Crippen MR) is 95.3 cm³/mol. The van der Waals surface area contributed by atoms with Crippen molar-refractivity contribution in [2.75, 3.05) is 32.8 Å². The van der Waals surface area contributed by atoms with Crippen molar-refractivity contribution in [3.05, 3.63) is 23.8 Å². The number of nitrogens with zero attached hydrogens (tertiary/aromatic N) is 1. The van der Waals surface area contributed by atoms with Gasteiger partial charge in [0.25, 0.3) is 0 Å². The standard InChI is InChI=1S/C19H27N3O3/c23-19(21-15-7-10-22-9-2-1-3-16(15)22)20-8-6-14-4-5-17-18(13-14)25-12-11-24-17/h4-5,13,15-16H,1-3,6-12H2,(H2,20,21,23)/t15-,16+/m1/s1. The molecule has 0 aromatic heterocycles. The number of hydrogen-bond acceptors (Lipinski definition) is 4. The SMILES string of the molecule is O=C(NCCc1ccc2c(c1)OCCO2)N[C@@H]1CCN2CCCC[C@@H]12. The minimum absolute atomic E-state index is 0.0463. The van der Waals surface area contributed by atoms with Crippen LogP contribution in [0.1, 0.15) is 31.2 Å². The Hall–Kier alpha value is -1.95. The van der Waals surface area contributed by atoms with Gasteiger partial charge in [-0.2, -0.15) is 0 Å². The largest absolute Gasteiger partial charge is 0.486 e. The van der Waals surface area contributed by atoms with E-state index in [0.29, 0.717) is 31.8 Å². The topological polar surface area (TPSA) is 62.8 Å². The number of carbonyl (C=O) groups is 1. The van der Waals surface area contributed by atoms with Gasteiger partial charge in [-0.15, -0.1) is 0 Å². The lowest BCUT2D eigenvalue weighted by Crippen LogP contribution is -2.49. The minimum Gasteiger partial charge on any atom is -0.486 e. The van der Waals surface area contributed by atoms with Crippen LogP contribution in [0.2, 0.25) is 0 Å². The van der Waals surface area contributed by atoms with E-state index >= 15 is 0 Å². The van der Waals surface area contributed by atoms with E-state index in [1.807, 2.05) is 18.2 Å². The van der Waals surface area contributed by atoms with E-state index in [-0.39, 0.29) is 6.03 Å². The molecule has 0 unspecified atom stereocenters. The average Bonchev–Trinajstić information content (AvgIpc) is 3.05. The molecule has 2 N–H and O–H groups in total. The van der Waals surface area contributed by atoms with Crippen molar-refractivity contribution in [1.29, 1.82) is 0 Å². The molecule has 1 aromatic rings. The Kier molecular flexibility index (Phi) is 4.97. The van der Waals surface area contributed by atoms with Gasteiger partial charge in [-0.25, -0.2) is 4.79 Å². The monoisotopic (exact) mass is 345 g/mol. The Morgan fingerprint density at radius 2 is 2.00 bits per heavy atom. The number of hydrogen-bond donors (Lipinski definition) is 2. The number of rotatable bonds is 4. The molecular weight excluding hydrogens is 318 g/mol. The Bertz CT molecular complexity index is 622. The van der Waals surface area contributed by atoms with Gasteiger partial charge in [0.1, 0.15) is 13.2 Å². The zero-order chi connectivity index (χ0) is 17.1. The van der Waals surface area contributed by atoms with Gasteiger partial charge in [0, 0.05) is 25.2 Å². The molecule has 2 saturated heterocycles. The van der Waals surface area contributed by atoms with Crippen LogP contribution < -0.4 is 20.1 Å². The summed E-state index contributed by atoms with van der Waals surface area (Å²) in [6, 6.07) is 6.77. The Labute approximate surface area is 148 Å². The van der Waals surface area contributed by atoms with Crippen molar-refractivity contribution in [2.24, 2.45) is 0 Å². The lowest BCUT2D eigenvalue weighted by molar-refractivity contribution is 0.171. The van der Waals surface area contributed by atoms with Crippen LogP contribution in [0.4, 0.5) is 4.79 Å². The molecule has 2 atom stereocenters. The maximum atomic E-state index is 12.2. The lowest BCUT2D eigenvalue weighted by Gasteiger charge is -2.32. The summed E-state index contributed by atoms with van der Waals surface area (Å²) in [6.45, 7) is 4.12. The summed E-state index contributed by atoms with van der Waals surface area (Å²) >= 11 is 0. The molecule has 0 spiro atoms. The summed E-state index contributed by atoms with van der Waals surface area (Å²) in [5.74, 6) is 1.61. The number of urea groups is 1. The van der Waals surface area contributed by atoms with Crippen LogP contribution in [-0.4, -0.2) is 55.9 Å². The van der Waals surface area contributed by atoms with Crippen molar-refractivity contribution in [2.45, 2.75) is 44.2 Å². The number of benzene rings is 1. The molecule has 0 saturated carbocycles. The second-order valence-electron chi connectivity index (χ2n) is 7.12. The smallest absolute Gasteiger partial charge is 0.315 e. The van der Waals surface area contributed by atoms with Gasteiger partial charge in [-0.05, 0) is 49.9 Å². The third kappa shape index (κ3) is 3.84. The van der Waals surface area contributed by atoms with Crippen LogP contribution in [-0.2, 0) is 6.42 Å². The summed E-state index contributed by atoms with van der Waals surface area (Å²) in [5.41, 5.74) is 1.14. The van der Waals surface area contributed by atoms with E-state index in [1.54, 1.807) is 0 Å². The normalized spacial score (nSPS) is 25.3. The number of carbonyl (C=O) groups excluding carboxylic acids is 1. The second-order valence-corrected chi connectivity index (χ2v) is 7.12. The summed E-state index contributed by atoms with van der Waals surface area (Å²) in [7, 11) is 0. The van der Waals surface area contributed by atoms with Crippen molar-refractivity contribution < 1.29 is 14.3 Å². The van der Waals surface area contributed by atoms with E-state index in [4.69, 9.17) is 9.47 Å². The molecule has 2 fully saturated rings. The Balaban J connectivity index is 1.23. The Morgan fingerprint density at radius 3 is 2.92 bits per heavy atom. The number of nitrogens with one attached hydrogen (secondary N) is 2. The molecule has 3 aliphatic heterocycles. The summed E-state index contributed by atoms with van der Waals surface area (Å²) in [6.07, 6.45) is 5.64. The fourth-order valence-corrected chi connectivity index (χ4v) is 4.20. The first kappa shape index (κ1) is 16.5. The van der Waals surface area contributed by atoms with Gasteiger partial charge in [-0.3, -0.25) is 4.90 Å². The van der Waals surface area contributed by atoms with Crippen LogP contribution in [0.25, 0.3) is 0 Å². The first-order valence-electron chi connectivity index (χ1n) is 9.46. The van der Waals surface area contributed by atoms with Gasteiger partial charge in [0.2, 0.25) is 0 Å². The van der Waals surface area contributed by atoms with Crippen LogP contribution in [0, 0.1) is 0 Å². The number of amides is 2. The minimum atomic E-state index is -0.0463. The van der Waals surface area contributed by atoms with Crippen LogP contribution in [0.5, 0.6) is 11.5 Å². The van der Waals surface area contributed by atoms with Gasteiger partial charge < -0.3 is 20.1 Å². The number of fused-ring (bicyclic) bond motifs is 2. The highest BCUT2D eigenvalue weighted by Crippen LogP contribution is 2.30. The number of piperidine rings is 1. The van der Waals surface area contributed by atoms with Crippen LogP contribution in [0.3, 0.4) is 0 Å². The highest BCUT2D eigenvalue weighted by Gasteiger charge is 2.36. The molecule has 3 aliphatic rings. The van der Waals surface area contributed by atoms with E-state index in [0.717, 1.165) is 36.4 Å². The van der Waals surface area contributed by atoms with Gasteiger partial charge >= 0.3 is 6.03 Å². The van der Waals surface area contributed by atoms with Gasteiger partial charge in [-0.1, -0.05) is 12.5 Å². The first-order valence-corrected chi connectivity index (χ1v) is 9.46. The van der Waals surface area contributed by atoms with E-state index in [9.17, 15) is 4.79 Å². The molecule has 3 heterocycles. The summed E-state index contributed by atoms with van der Waals surface area (Å²) in [4.78, 5) is 14.7. The van der Waals surface area contributed by atoms with Crippen LogP contribution in [0.15, 0.2) is 18.2 Å². The average molecular weight is 345 g/mol. The highest BCUT2D eigenvalue weighted by molar-refractivity contribution is 5.74.